The molecule has 14 heavy (non-hydrogen) atoms. The van der Waals surface area contributed by atoms with Gasteiger partial charge in [0.15, 0.2) is 5.75 Å². The molecule has 0 bridgehead atoms. The van der Waals surface area contributed by atoms with E-state index in [9.17, 15) is 9.59 Å². The molecule has 1 aromatic rings. The molecular formula is C7H9N3O4. The molecule has 1 unspecified atom stereocenters. The Morgan fingerprint density at radius 1 is 1.71 bits per heavy atom. The molecule has 1 rings (SSSR count). The fourth-order valence-electron chi connectivity index (χ4n) is 0.824. The predicted molar refractivity (Wildman–Crippen MR) is 45.8 cm³/mol. The average molecular weight is 199 g/mol. The minimum absolute atomic E-state index is 0.0924. The van der Waals surface area contributed by atoms with Gasteiger partial charge in [-0.3, -0.25) is 9.59 Å². The minimum Gasteiger partial charge on any atom is -0.502 e. The van der Waals surface area contributed by atoms with E-state index in [1.807, 2.05) is 0 Å². The van der Waals surface area contributed by atoms with Gasteiger partial charge < -0.3 is 20.9 Å². The molecule has 0 radical (unpaired) electrons. The van der Waals surface area contributed by atoms with Gasteiger partial charge in [0.2, 0.25) is 0 Å². The third kappa shape index (κ3) is 2.30. The van der Waals surface area contributed by atoms with E-state index in [0.717, 1.165) is 6.20 Å². The van der Waals surface area contributed by atoms with Crippen molar-refractivity contribution in [2.24, 2.45) is 5.73 Å². The van der Waals surface area contributed by atoms with Crippen LogP contribution in [0.1, 0.15) is 5.82 Å². The maximum absolute atomic E-state index is 10.9. The Bertz CT molecular complexity index is 400. The Kier molecular flexibility index (Phi) is 2.82. The van der Waals surface area contributed by atoms with Crippen molar-refractivity contribution in [3.63, 3.8) is 0 Å². The van der Waals surface area contributed by atoms with Crippen LogP contribution in [0.3, 0.4) is 0 Å². The average Bonchev–Trinajstić information content (AvgIpc) is 2.11. The van der Waals surface area contributed by atoms with Crippen molar-refractivity contribution in [1.29, 1.82) is 0 Å². The number of aromatic hydroxyl groups is 1. The summed E-state index contributed by atoms with van der Waals surface area (Å²) in [6, 6.07) is -1.12. The monoisotopic (exact) mass is 199 g/mol. The topological polar surface area (TPSA) is 129 Å². The number of carboxylic acids is 1. The summed E-state index contributed by atoms with van der Waals surface area (Å²) in [6.07, 6.45) is 0.855. The molecule has 76 valence electrons. The van der Waals surface area contributed by atoms with E-state index in [1.165, 1.54) is 0 Å². The highest BCUT2D eigenvalue weighted by molar-refractivity contribution is 5.73. The lowest BCUT2D eigenvalue weighted by atomic mass is 10.2. The molecule has 1 atom stereocenters. The Labute approximate surface area is 78.2 Å². The summed E-state index contributed by atoms with van der Waals surface area (Å²) in [6.45, 7) is 0. The Morgan fingerprint density at radius 2 is 2.36 bits per heavy atom. The minimum atomic E-state index is -1.18. The number of aromatic nitrogens is 2. The molecule has 7 heteroatoms. The second kappa shape index (κ2) is 3.88. The van der Waals surface area contributed by atoms with Crippen LogP contribution in [-0.4, -0.2) is 32.2 Å². The highest BCUT2D eigenvalue weighted by Gasteiger charge is 2.13. The van der Waals surface area contributed by atoms with E-state index in [0.29, 0.717) is 0 Å². The van der Waals surface area contributed by atoms with Gasteiger partial charge in [-0.1, -0.05) is 0 Å². The summed E-state index contributed by atoms with van der Waals surface area (Å²) in [5, 5.41) is 17.3. The summed E-state index contributed by atoms with van der Waals surface area (Å²) in [5.41, 5.74) is 4.50. The largest absolute Gasteiger partial charge is 0.502 e. The van der Waals surface area contributed by atoms with Crippen molar-refractivity contribution in [3.05, 3.63) is 22.4 Å². The lowest BCUT2D eigenvalue weighted by Crippen LogP contribution is -2.33. The van der Waals surface area contributed by atoms with Crippen molar-refractivity contribution < 1.29 is 15.0 Å². The Morgan fingerprint density at radius 3 is 2.86 bits per heavy atom. The van der Waals surface area contributed by atoms with E-state index in [-0.39, 0.29) is 12.2 Å². The number of H-pyrrole nitrogens is 1. The van der Waals surface area contributed by atoms with Gasteiger partial charge in [0.25, 0.3) is 5.56 Å². The quantitative estimate of drug-likeness (QED) is 0.465. The summed E-state index contributed by atoms with van der Waals surface area (Å²) >= 11 is 0. The molecular weight excluding hydrogens is 190 g/mol. The molecule has 0 aliphatic carbocycles. The van der Waals surface area contributed by atoms with Crippen LogP contribution in [0.25, 0.3) is 0 Å². The van der Waals surface area contributed by atoms with Crippen LogP contribution in [0.5, 0.6) is 5.75 Å². The van der Waals surface area contributed by atoms with Gasteiger partial charge >= 0.3 is 5.97 Å². The summed E-state index contributed by atoms with van der Waals surface area (Å²) in [4.78, 5) is 27.0. The number of nitrogens with one attached hydrogen (secondary N) is 1. The number of aromatic amines is 1. The number of hydrogen-bond acceptors (Lipinski definition) is 5. The third-order valence-corrected chi connectivity index (χ3v) is 1.56. The van der Waals surface area contributed by atoms with Crippen LogP contribution >= 0.6 is 0 Å². The molecule has 0 spiro atoms. The first-order chi connectivity index (χ1) is 6.50. The summed E-state index contributed by atoms with van der Waals surface area (Å²) in [7, 11) is 0. The predicted octanol–water partition coefficient (Wildman–Crippen LogP) is -1.57. The molecule has 0 saturated heterocycles. The number of carbonyl (C=O) groups is 1. The number of nitrogens with zero attached hydrogens (tertiary/aromatic N) is 1. The smallest absolute Gasteiger partial charge is 0.320 e. The van der Waals surface area contributed by atoms with Gasteiger partial charge in [-0.25, -0.2) is 4.98 Å². The van der Waals surface area contributed by atoms with Crippen molar-refractivity contribution in [2.45, 2.75) is 12.5 Å². The van der Waals surface area contributed by atoms with Crippen molar-refractivity contribution in [1.82, 2.24) is 9.97 Å². The highest BCUT2D eigenvalue weighted by Crippen LogP contribution is 1.97. The zero-order valence-corrected chi connectivity index (χ0v) is 7.10. The number of hydrogen-bond donors (Lipinski definition) is 4. The molecule has 0 aromatic carbocycles. The van der Waals surface area contributed by atoms with Gasteiger partial charge in [0, 0.05) is 6.42 Å². The Hall–Kier alpha value is -1.89. The molecule has 0 aliphatic rings. The normalized spacial score (nSPS) is 12.4. The number of rotatable bonds is 3. The zero-order chi connectivity index (χ0) is 10.7. The van der Waals surface area contributed by atoms with E-state index in [4.69, 9.17) is 15.9 Å². The standard InChI is InChI=1S/C7H9N3O4/c8-3(7(13)14)1-5-9-2-4(11)6(12)10-5/h2-3,11H,1,8H2,(H,13,14)(H,9,10,12). The first kappa shape index (κ1) is 10.2. The third-order valence-electron chi connectivity index (χ3n) is 1.56. The summed E-state index contributed by atoms with van der Waals surface area (Å²) in [5.74, 6) is -1.57. The molecule has 1 heterocycles. The number of aliphatic carboxylic acids is 1. The summed E-state index contributed by atoms with van der Waals surface area (Å²) < 4.78 is 0. The van der Waals surface area contributed by atoms with Gasteiger partial charge in [-0.15, -0.1) is 0 Å². The first-order valence-corrected chi connectivity index (χ1v) is 3.76. The fraction of sp³-hybridized carbons (Fsp3) is 0.286. The van der Waals surface area contributed by atoms with Gasteiger partial charge in [0.05, 0.1) is 6.20 Å². The van der Waals surface area contributed by atoms with Crippen LogP contribution in [0.2, 0.25) is 0 Å². The fourth-order valence-corrected chi connectivity index (χ4v) is 0.824. The number of nitrogens with two attached hydrogens (primary N) is 1. The van der Waals surface area contributed by atoms with Crippen molar-refractivity contribution in [2.75, 3.05) is 0 Å². The SMILES string of the molecule is NC(Cc1ncc(O)c(=O)[nH]1)C(=O)O. The maximum atomic E-state index is 10.9. The van der Waals surface area contributed by atoms with Crippen LogP contribution in [0, 0.1) is 0 Å². The lowest BCUT2D eigenvalue weighted by Gasteiger charge is -2.04. The van der Waals surface area contributed by atoms with Crippen molar-refractivity contribution >= 4 is 5.97 Å². The van der Waals surface area contributed by atoms with E-state index in [2.05, 4.69) is 9.97 Å². The van der Waals surface area contributed by atoms with Gasteiger partial charge in [-0.05, 0) is 0 Å². The van der Waals surface area contributed by atoms with Crippen LogP contribution in [0.15, 0.2) is 11.0 Å². The zero-order valence-electron chi connectivity index (χ0n) is 7.10. The van der Waals surface area contributed by atoms with Crippen LogP contribution < -0.4 is 11.3 Å². The van der Waals surface area contributed by atoms with Gasteiger partial charge in [-0.2, -0.15) is 0 Å². The van der Waals surface area contributed by atoms with E-state index in [1.54, 1.807) is 0 Å². The highest BCUT2D eigenvalue weighted by atomic mass is 16.4. The molecule has 0 fully saturated rings. The molecule has 7 nitrogen and oxygen atoms in total. The van der Waals surface area contributed by atoms with Crippen molar-refractivity contribution in [3.8, 4) is 5.75 Å². The van der Waals surface area contributed by atoms with Gasteiger partial charge in [0.1, 0.15) is 11.9 Å². The molecule has 0 saturated carbocycles. The molecule has 5 N–H and O–H groups in total. The molecule has 0 aliphatic heterocycles. The van der Waals surface area contributed by atoms with E-state index >= 15 is 0 Å². The lowest BCUT2D eigenvalue weighted by molar-refractivity contribution is -0.138. The Balaban J connectivity index is 2.83. The van der Waals surface area contributed by atoms with E-state index < -0.39 is 23.3 Å². The molecule has 0 amide bonds. The second-order valence-corrected chi connectivity index (χ2v) is 2.69. The van der Waals surface area contributed by atoms with Crippen LogP contribution in [0.4, 0.5) is 0 Å². The maximum Gasteiger partial charge on any atom is 0.320 e. The second-order valence-electron chi connectivity index (χ2n) is 2.69. The first-order valence-electron chi connectivity index (χ1n) is 3.76. The van der Waals surface area contributed by atoms with Crippen LogP contribution in [-0.2, 0) is 11.2 Å². The number of carboxylic acid groups (broad SMARTS) is 1. The molecule has 1 aromatic heterocycles.